The Balaban J connectivity index is 0.00000272. The number of guanidine groups is 1. The van der Waals surface area contributed by atoms with E-state index in [-0.39, 0.29) is 29.5 Å². The molecule has 170 valence electrons. The molecule has 2 heterocycles. The van der Waals surface area contributed by atoms with Gasteiger partial charge in [0.1, 0.15) is 11.6 Å². The molecule has 31 heavy (non-hydrogen) atoms. The second-order valence-electron chi connectivity index (χ2n) is 8.83. The highest BCUT2D eigenvalue weighted by molar-refractivity contribution is 14.0. The van der Waals surface area contributed by atoms with Crippen LogP contribution in [0.4, 0.5) is 0 Å². The largest absolute Gasteiger partial charge is 0.355 e. The van der Waals surface area contributed by atoms with Gasteiger partial charge in [-0.15, -0.1) is 24.0 Å². The highest BCUT2D eigenvalue weighted by Crippen LogP contribution is 2.31. The minimum absolute atomic E-state index is 0. The van der Waals surface area contributed by atoms with Crippen molar-refractivity contribution in [2.24, 2.45) is 4.99 Å². The maximum Gasteiger partial charge on any atom is 0.191 e. The van der Waals surface area contributed by atoms with Crippen molar-refractivity contribution in [3.05, 3.63) is 47.5 Å². The van der Waals surface area contributed by atoms with E-state index in [9.17, 15) is 0 Å². The summed E-state index contributed by atoms with van der Waals surface area (Å²) in [5.41, 5.74) is 1.45. The van der Waals surface area contributed by atoms with Gasteiger partial charge < -0.3 is 16.0 Å². The van der Waals surface area contributed by atoms with E-state index in [0.717, 1.165) is 43.5 Å². The van der Waals surface area contributed by atoms with Crippen LogP contribution in [-0.4, -0.2) is 45.9 Å². The van der Waals surface area contributed by atoms with Gasteiger partial charge in [0.05, 0.1) is 6.54 Å². The van der Waals surface area contributed by atoms with Crippen LogP contribution in [0.25, 0.3) is 0 Å². The van der Waals surface area contributed by atoms with E-state index < -0.39 is 0 Å². The van der Waals surface area contributed by atoms with Crippen LogP contribution in [0.2, 0.25) is 0 Å². The van der Waals surface area contributed by atoms with Gasteiger partial charge >= 0.3 is 0 Å². The summed E-state index contributed by atoms with van der Waals surface area (Å²) in [6.45, 7) is 5.94. The maximum absolute atomic E-state index is 4.51. The van der Waals surface area contributed by atoms with Crippen molar-refractivity contribution < 1.29 is 0 Å². The van der Waals surface area contributed by atoms with Gasteiger partial charge in [-0.2, -0.15) is 5.10 Å². The summed E-state index contributed by atoms with van der Waals surface area (Å²) in [6.07, 6.45) is 6.94. The monoisotopic (exact) mass is 537 g/mol. The van der Waals surface area contributed by atoms with Crippen molar-refractivity contribution in [2.75, 3.05) is 13.6 Å². The van der Waals surface area contributed by atoms with Gasteiger partial charge in [0.25, 0.3) is 0 Å². The lowest BCUT2D eigenvalue weighted by atomic mass is 9.94. The first kappa shape index (κ1) is 24.0. The number of fused-ring (bicyclic) bond motifs is 1. The summed E-state index contributed by atoms with van der Waals surface area (Å²) < 4.78 is 2.03. The van der Waals surface area contributed by atoms with E-state index in [0.29, 0.717) is 12.1 Å². The molecule has 8 heteroatoms. The van der Waals surface area contributed by atoms with Crippen molar-refractivity contribution in [2.45, 2.75) is 76.5 Å². The summed E-state index contributed by atoms with van der Waals surface area (Å²) in [7, 11) is 1.85. The molecular weight excluding hydrogens is 501 g/mol. The number of aryl methyl sites for hydroxylation is 2. The number of hydrogen-bond donors (Lipinski definition) is 3. The second-order valence-corrected chi connectivity index (χ2v) is 8.83. The Hall–Kier alpha value is -1.68. The zero-order valence-electron chi connectivity index (χ0n) is 18.9. The molecule has 0 spiro atoms. The molecule has 7 nitrogen and oxygen atoms in total. The summed E-state index contributed by atoms with van der Waals surface area (Å²) in [4.78, 5) is 9.00. The molecule has 1 fully saturated rings. The van der Waals surface area contributed by atoms with Gasteiger partial charge in [-0.3, -0.25) is 4.99 Å². The first-order valence-electron chi connectivity index (χ1n) is 11.3. The molecule has 2 aliphatic rings. The Morgan fingerprint density at radius 3 is 2.71 bits per heavy atom. The van der Waals surface area contributed by atoms with Gasteiger partial charge in [-0.1, -0.05) is 43.2 Å². The standard InChI is InChI=1S/C23H35N7.HI/c1-17(19-9-5-4-6-10-19)28-23(13-7-8-14-23)16-25-22(24-3)27-20-11-12-21-26-18(2)29-30(21)15-20;/h4-6,9-10,17,20,28H,7-8,11-16H2,1-3H3,(H2,24,25,27);1H. The molecule has 2 atom stereocenters. The summed E-state index contributed by atoms with van der Waals surface area (Å²) in [5.74, 6) is 2.83. The van der Waals surface area contributed by atoms with Gasteiger partial charge in [0.2, 0.25) is 0 Å². The van der Waals surface area contributed by atoms with Gasteiger partial charge in [-0.05, 0) is 38.7 Å². The van der Waals surface area contributed by atoms with Crippen LogP contribution < -0.4 is 16.0 Å². The van der Waals surface area contributed by atoms with Crippen LogP contribution in [0.3, 0.4) is 0 Å². The number of aromatic nitrogens is 3. The van der Waals surface area contributed by atoms with Gasteiger partial charge in [-0.25, -0.2) is 9.67 Å². The van der Waals surface area contributed by atoms with Crippen LogP contribution in [0.5, 0.6) is 0 Å². The molecule has 0 bridgehead atoms. The van der Waals surface area contributed by atoms with Crippen LogP contribution in [-0.2, 0) is 13.0 Å². The minimum Gasteiger partial charge on any atom is -0.355 e. The number of aliphatic imine (C=N–C) groups is 1. The van der Waals surface area contributed by atoms with Gasteiger partial charge in [0.15, 0.2) is 5.96 Å². The van der Waals surface area contributed by atoms with Crippen LogP contribution >= 0.6 is 24.0 Å². The molecule has 0 saturated heterocycles. The van der Waals surface area contributed by atoms with Crippen LogP contribution in [0, 0.1) is 6.92 Å². The predicted molar refractivity (Wildman–Crippen MR) is 136 cm³/mol. The molecule has 3 N–H and O–H groups in total. The normalized spacial score (nSPS) is 21.1. The van der Waals surface area contributed by atoms with E-state index in [1.54, 1.807) is 0 Å². The summed E-state index contributed by atoms with van der Waals surface area (Å²) in [6, 6.07) is 11.4. The third-order valence-corrected chi connectivity index (χ3v) is 6.51. The lowest BCUT2D eigenvalue weighted by Gasteiger charge is -2.35. The highest BCUT2D eigenvalue weighted by Gasteiger charge is 2.35. The zero-order chi connectivity index (χ0) is 21.0. The molecule has 0 amide bonds. The Morgan fingerprint density at radius 2 is 2.00 bits per heavy atom. The van der Waals surface area contributed by atoms with E-state index >= 15 is 0 Å². The fourth-order valence-electron chi connectivity index (χ4n) is 4.90. The average Bonchev–Trinajstić information content (AvgIpc) is 3.37. The summed E-state index contributed by atoms with van der Waals surface area (Å²) >= 11 is 0. The Kier molecular flexibility index (Phi) is 8.32. The molecule has 1 aromatic heterocycles. The third kappa shape index (κ3) is 5.97. The quantitative estimate of drug-likeness (QED) is 0.299. The number of hydrogen-bond acceptors (Lipinski definition) is 4. The van der Waals surface area contributed by atoms with Crippen molar-refractivity contribution >= 4 is 29.9 Å². The van der Waals surface area contributed by atoms with Gasteiger partial charge in [0, 0.05) is 37.6 Å². The summed E-state index contributed by atoms with van der Waals surface area (Å²) in [5, 5.41) is 15.7. The maximum atomic E-state index is 4.51. The van der Waals surface area contributed by atoms with Crippen molar-refractivity contribution in [3.63, 3.8) is 0 Å². The molecular formula is C23H36IN7. The fourth-order valence-corrected chi connectivity index (χ4v) is 4.90. The van der Waals surface area contributed by atoms with Crippen LogP contribution in [0.15, 0.2) is 35.3 Å². The number of nitrogens with zero attached hydrogens (tertiary/aromatic N) is 4. The van der Waals surface area contributed by atoms with Crippen molar-refractivity contribution in [3.8, 4) is 0 Å². The fraction of sp³-hybridized carbons (Fsp3) is 0.609. The lowest BCUT2D eigenvalue weighted by molar-refractivity contribution is 0.296. The van der Waals surface area contributed by atoms with E-state index in [1.165, 1.54) is 31.2 Å². The number of halogens is 1. The minimum atomic E-state index is 0. The Bertz CT molecular complexity index is 858. The SMILES string of the molecule is CN=C(NCC1(NC(C)c2ccccc2)CCCC1)NC1CCc2nc(C)nn2C1.I. The first-order valence-corrected chi connectivity index (χ1v) is 11.3. The molecule has 2 unspecified atom stereocenters. The number of benzene rings is 1. The number of rotatable bonds is 6. The molecule has 1 aliphatic heterocycles. The lowest BCUT2D eigenvalue weighted by Crippen LogP contribution is -2.55. The molecule has 1 aliphatic carbocycles. The molecule has 4 rings (SSSR count). The van der Waals surface area contributed by atoms with E-state index in [1.807, 2.05) is 18.7 Å². The zero-order valence-corrected chi connectivity index (χ0v) is 21.2. The van der Waals surface area contributed by atoms with Crippen molar-refractivity contribution in [1.29, 1.82) is 0 Å². The third-order valence-electron chi connectivity index (χ3n) is 6.51. The molecule has 2 aromatic rings. The predicted octanol–water partition coefficient (Wildman–Crippen LogP) is 3.35. The van der Waals surface area contributed by atoms with E-state index in [2.05, 4.69) is 68.3 Å². The molecule has 1 aromatic carbocycles. The topological polar surface area (TPSA) is 79.2 Å². The molecule has 1 saturated carbocycles. The Morgan fingerprint density at radius 1 is 1.26 bits per heavy atom. The smallest absolute Gasteiger partial charge is 0.191 e. The second kappa shape index (κ2) is 10.8. The number of nitrogens with one attached hydrogen (secondary N) is 3. The Labute approximate surface area is 202 Å². The van der Waals surface area contributed by atoms with E-state index in [4.69, 9.17) is 0 Å². The average molecular weight is 537 g/mol. The van der Waals surface area contributed by atoms with Crippen molar-refractivity contribution in [1.82, 2.24) is 30.7 Å². The molecule has 0 radical (unpaired) electrons. The highest BCUT2D eigenvalue weighted by atomic mass is 127. The van der Waals surface area contributed by atoms with Crippen LogP contribution in [0.1, 0.15) is 62.3 Å². The first-order chi connectivity index (χ1) is 14.6.